The predicted molar refractivity (Wildman–Crippen MR) is 152 cm³/mol. The summed E-state index contributed by atoms with van der Waals surface area (Å²) < 4.78 is 41.9. The Hall–Kier alpha value is -4.36. The van der Waals surface area contributed by atoms with Gasteiger partial charge in [0, 0.05) is 35.2 Å². The molecule has 5 rings (SSSR count). The molecule has 0 fully saturated rings. The maximum atomic E-state index is 7.09. The summed E-state index contributed by atoms with van der Waals surface area (Å²) in [6.45, 7) is 0. The molecule has 0 radical (unpaired) electrons. The highest BCUT2D eigenvalue weighted by Gasteiger charge is 2.47. The van der Waals surface area contributed by atoms with Crippen LogP contribution in [0.25, 0.3) is 0 Å². The van der Waals surface area contributed by atoms with Gasteiger partial charge in [0.05, 0.1) is 35.5 Å². The molecule has 7 heteroatoms. The summed E-state index contributed by atoms with van der Waals surface area (Å²) in [5, 5.41) is 0. The van der Waals surface area contributed by atoms with Crippen LogP contribution in [0.1, 0.15) is 28.7 Å². The van der Waals surface area contributed by atoms with E-state index in [1.807, 2.05) is 72.8 Å². The molecule has 0 amide bonds. The lowest BCUT2D eigenvalue weighted by Gasteiger charge is -2.43. The van der Waals surface area contributed by atoms with Crippen LogP contribution >= 0.6 is 0 Å². The Bertz CT molecular complexity index is 1350. The third-order valence-corrected chi connectivity index (χ3v) is 7.16. The minimum Gasteiger partial charge on any atom is -0.497 e. The van der Waals surface area contributed by atoms with E-state index in [-0.39, 0.29) is 0 Å². The van der Waals surface area contributed by atoms with Gasteiger partial charge in [-0.25, -0.2) is 0 Å². The molecule has 1 aliphatic heterocycles. The third kappa shape index (κ3) is 5.25. The molecule has 1 atom stereocenters. The molecule has 0 saturated heterocycles. The van der Waals surface area contributed by atoms with Gasteiger partial charge in [-0.05, 0) is 54.4 Å². The molecular formula is C33H34O7. The number of rotatable bonds is 10. The molecule has 208 valence electrons. The predicted octanol–water partition coefficient (Wildman–Crippen LogP) is 6.39. The zero-order valence-corrected chi connectivity index (χ0v) is 23.4. The first-order chi connectivity index (χ1) is 19.5. The fraction of sp³-hybridized carbons (Fsp3) is 0.273. The molecule has 0 aromatic heterocycles. The van der Waals surface area contributed by atoms with Crippen LogP contribution in [0.5, 0.6) is 34.5 Å². The van der Waals surface area contributed by atoms with Gasteiger partial charge in [0.25, 0.3) is 0 Å². The van der Waals surface area contributed by atoms with Crippen molar-refractivity contribution in [2.45, 2.75) is 24.7 Å². The lowest BCUT2D eigenvalue weighted by molar-refractivity contribution is -0.166. The summed E-state index contributed by atoms with van der Waals surface area (Å²) in [5.74, 6) is 3.87. The van der Waals surface area contributed by atoms with Crippen molar-refractivity contribution in [2.24, 2.45) is 0 Å². The van der Waals surface area contributed by atoms with Crippen molar-refractivity contribution < 1.29 is 33.2 Å². The van der Waals surface area contributed by atoms with Crippen molar-refractivity contribution in [1.29, 1.82) is 0 Å². The summed E-state index contributed by atoms with van der Waals surface area (Å²) in [6.07, 6.45) is 0.825. The summed E-state index contributed by atoms with van der Waals surface area (Å²) in [7, 11) is 8.16. The third-order valence-electron chi connectivity index (χ3n) is 7.16. The fourth-order valence-corrected chi connectivity index (χ4v) is 5.12. The Balaban J connectivity index is 1.77. The number of aryl methyl sites for hydroxylation is 1. The molecular weight excluding hydrogens is 508 g/mol. The Morgan fingerprint density at radius 2 is 1.12 bits per heavy atom. The average molecular weight is 543 g/mol. The van der Waals surface area contributed by atoms with E-state index in [2.05, 4.69) is 12.1 Å². The van der Waals surface area contributed by atoms with Crippen molar-refractivity contribution in [1.82, 2.24) is 0 Å². The van der Waals surface area contributed by atoms with Crippen LogP contribution in [0.3, 0.4) is 0 Å². The molecule has 0 saturated carbocycles. The molecule has 7 nitrogen and oxygen atoms in total. The maximum absolute atomic E-state index is 7.09. The second-order valence-electron chi connectivity index (χ2n) is 9.44. The highest BCUT2D eigenvalue weighted by Crippen LogP contribution is 2.52. The van der Waals surface area contributed by atoms with Gasteiger partial charge in [0.2, 0.25) is 6.29 Å². The second-order valence-corrected chi connectivity index (χ2v) is 9.44. The maximum Gasteiger partial charge on any atom is 0.201 e. The second kappa shape index (κ2) is 11.8. The van der Waals surface area contributed by atoms with Crippen LogP contribution < -0.4 is 28.4 Å². The highest BCUT2D eigenvalue weighted by molar-refractivity contribution is 5.60. The Kier molecular flexibility index (Phi) is 8.03. The van der Waals surface area contributed by atoms with Gasteiger partial charge >= 0.3 is 0 Å². The quantitative estimate of drug-likeness (QED) is 0.230. The molecule has 4 aromatic carbocycles. The lowest BCUT2D eigenvalue weighted by atomic mass is 9.78. The van der Waals surface area contributed by atoms with Crippen LogP contribution in [0.15, 0.2) is 84.9 Å². The van der Waals surface area contributed by atoms with Gasteiger partial charge in [-0.15, -0.1) is 0 Å². The van der Waals surface area contributed by atoms with Gasteiger partial charge in [-0.2, -0.15) is 0 Å². The van der Waals surface area contributed by atoms with Gasteiger partial charge in [-0.1, -0.05) is 30.3 Å². The molecule has 0 bridgehead atoms. The van der Waals surface area contributed by atoms with E-state index in [4.69, 9.17) is 33.2 Å². The SMILES string of the molecule is COc1cc(OC)cc(C2(c3cc(OC)cc(OC)c3)OC(CCc3ccccc3)Oc3ccc(OC)cc32)c1. The van der Waals surface area contributed by atoms with Crippen LogP contribution in [0.2, 0.25) is 0 Å². The van der Waals surface area contributed by atoms with E-state index in [1.165, 1.54) is 5.56 Å². The Morgan fingerprint density at radius 3 is 1.62 bits per heavy atom. The minimum atomic E-state index is -1.16. The van der Waals surface area contributed by atoms with E-state index < -0.39 is 11.9 Å². The van der Waals surface area contributed by atoms with Crippen molar-refractivity contribution in [2.75, 3.05) is 35.5 Å². The summed E-state index contributed by atoms with van der Waals surface area (Å²) in [6, 6.07) is 27.6. The summed E-state index contributed by atoms with van der Waals surface area (Å²) in [5.41, 5.74) is 2.40. The van der Waals surface area contributed by atoms with Gasteiger partial charge in [0.1, 0.15) is 34.5 Å². The highest BCUT2D eigenvalue weighted by atomic mass is 16.7. The molecule has 1 heterocycles. The van der Waals surface area contributed by atoms with Gasteiger partial charge in [0.15, 0.2) is 5.60 Å². The molecule has 0 aliphatic carbocycles. The zero-order chi connectivity index (χ0) is 28.1. The van der Waals surface area contributed by atoms with Crippen molar-refractivity contribution in [3.8, 4) is 34.5 Å². The van der Waals surface area contributed by atoms with E-state index >= 15 is 0 Å². The van der Waals surface area contributed by atoms with Crippen LogP contribution in [0, 0.1) is 0 Å². The van der Waals surface area contributed by atoms with Crippen LogP contribution in [-0.4, -0.2) is 41.8 Å². The molecule has 0 spiro atoms. The number of ether oxygens (including phenoxy) is 7. The monoisotopic (exact) mass is 542 g/mol. The van der Waals surface area contributed by atoms with Crippen LogP contribution in [0.4, 0.5) is 0 Å². The van der Waals surface area contributed by atoms with E-state index in [0.29, 0.717) is 40.9 Å². The molecule has 4 aromatic rings. The first kappa shape index (κ1) is 27.2. The molecule has 1 unspecified atom stereocenters. The number of methoxy groups -OCH3 is 5. The minimum absolute atomic E-state index is 0.574. The molecule has 40 heavy (non-hydrogen) atoms. The van der Waals surface area contributed by atoms with Gasteiger partial charge in [-0.3, -0.25) is 0 Å². The zero-order valence-electron chi connectivity index (χ0n) is 23.4. The smallest absolute Gasteiger partial charge is 0.201 e. The van der Waals surface area contributed by atoms with Crippen molar-refractivity contribution in [3.63, 3.8) is 0 Å². The number of fused-ring (bicyclic) bond motifs is 1. The van der Waals surface area contributed by atoms with E-state index in [0.717, 1.165) is 23.1 Å². The lowest BCUT2D eigenvalue weighted by Crippen LogP contribution is -2.43. The topological polar surface area (TPSA) is 64.6 Å². The largest absolute Gasteiger partial charge is 0.497 e. The molecule has 0 N–H and O–H groups in total. The standard InChI is InChI=1S/C33H34O7/c1-34-25-12-13-31-30(21-25)33(23-15-26(35-2)19-27(16-23)36-3,24-17-28(37-4)20-29(18-24)38-5)40-32(39-31)14-11-22-9-7-6-8-10-22/h6-10,12-13,15-21,32H,11,14H2,1-5H3. The average Bonchev–Trinajstić information content (AvgIpc) is 3.02. The number of hydrogen-bond acceptors (Lipinski definition) is 7. The van der Waals surface area contributed by atoms with Gasteiger partial charge < -0.3 is 33.2 Å². The van der Waals surface area contributed by atoms with E-state index in [1.54, 1.807) is 35.5 Å². The van der Waals surface area contributed by atoms with Crippen molar-refractivity contribution >= 4 is 0 Å². The first-order valence-corrected chi connectivity index (χ1v) is 13.1. The summed E-state index contributed by atoms with van der Waals surface area (Å²) in [4.78, 5) is 0. The van der Waals surface area contributed by atoms with Crippen LogP contribution in [-0.2, 0) is 16.8 Å². The molecule has 1 aliphatic rings. The number of hydrogen-bond donors (Lipinski definition) is 0. The fourth-order valence-electron chi connectivity index (χ4n) is 5.12. The normalized spacial score (nSPS) is 15.4. The summed E-state index contributed by atoms with van der Waals surface area (Å²) >= 11 is 0. The Labute approximate surface area is 235 Å². The van der Waals surface area contributed by atoms with E-state index in [9.17, 15) is 0 Å². The first-order valence-electron chi connectivity index (χ1n) is 13.1. The van der Waals surface area contributed by atoms with Crippen molar-refractivity contribution in [3.05, 3.63) is 107 Å². The Morgan fingerprint density at radius 1 is 0.600 bits per heavy atom. The number of benzene rings is 4.